The fraction of sp³-hybridized carbons (Fsp3) is 0.471. The summed E-state index contributed by atoms with van der Waals surface area (Å²) in [6, 6.07) is 13.3. The predicted molar refractivity (Wildman–Crippen MR) is 178 cm³/mol. The molecule has 3 amide bonds. The van der Waals surface area contributed by atoms with E-state index in [4.69, 9.17) is 15.2 Å². The number of aliphatic hydroxyl groups is 1. The maximum atomic E-state index is 13.8. The topological polar surface area (TPSA) is 156 Å². The van der Waals surface area contributed by atoms with Crippen molar-refractivity contribution in [2.75, 3.05) is 32.1 Å². The number of aromatic nitrogens is 1. The third kappa shape index (κ3) is 9.75. The van der Waals surface area contributed by atoms with Crippen molar-refractivity contribution in [3.8, 4) is 16.2 Å². The highest BCUT2D eigenvalue weighted by molar-refractivity contribution is 7.13. The standard InChI is InChI=1S/C34H45N5O6S/c1-22-30(46-21-37-22)24-8-6-23(7-9-24)19-36-32(42)28-18-26(40)20-39(28)33(43)31(34(2,3)4)38-29(41)14-17-44-15-5-16-45-27-12-10-25(35)11-13-27/h6-13,21,26,28,31,40H,5,14-20,35H2,1-4H3,(H,36,42)(H,38,41). The molecule has 1 saturated heterocycles. The molecule has 3 atom stereocenters. The molecule has 1 fully saturated rings. The van der Waals surface area contributed by atoms with Crippen molar-refractivity contribution in [2.45, 2.75) is 71.7 Å². The zero-order chi connectivity index (χ0) is 33.3. The molecule has 4 rings (SSSR count). The van der Waals surface area contributed by atoms with Gasteiger partial charge in [0.15, 0.2) is 0 Å². The third-order valence-electron chi connectivity index (χ3n) is 7.77. The summed E-state index contributed by atoms with van der Waals surface area (Å²) in [6.07, 6.45) is 0.0117. The smallest absolute Gasteiger partial charge is 0.246 e. The fourth-order valence-corrected chi connectivity index (χ4v) is 6.01. The van der Waals surface area contributed by atoms with Gasteiger partial charge in [0, 0.05) is 44.6 Å². The first-order chi connectivity index (χ1) is 21.9. The average Bonchev–Trinajstić information content (AvgIpc) is 3.63. The highest BCUT2D eigenvalue weighted by atomic mass is 32.1. The molecule has 3 unspecified atom stereocenters. The number of nitrogens with two attached hydrogens (primary N) is 1. The van der Waals surface area contributed by atoms with Crippen molar-refractivity contribution in [1.29, 1.82) is 0 Å². The SMILES string of the molecule is Cc1ncsc1-c1ccc(CNC(=O)C2CC(O)CN2C(=O)C(NC(=O)CCOCCCOc2ccc(N)cc2)C(C)(C)C)cc1. The Morgan fingerprint density at radius 2 is 1.80 bits per heavy atom. The number of anilines is 1. The van der Waals surface area contributed by atoms with Gasteiger partial charge in [-0.1, -0.05) is 45.0 Å². The highest BCUT2D eigenvalue weighted by Gasteiger charge is 2.44. The lowest BCUT2D eigenvalue weighted by molar-refractivity contribution is -0.144. The van der Waals surface area contributed by atoms with E-state index in [0.29, 0.717) is 25.3 Å². The van der Waals surface area contributed by atoms with Gasteiger partial charge in [-0.15, -0.1) is 11.3 Å². The Hall–Kier alpha value is -4.00. The number of carbonyl (C=O) groups excluding carboxylic acids is 3. The zero-order valence-electron chi connectivity index (χ0n) is 27.0. The maximum Gasteiger partial charge on any atom is 0.246 e. The molecule has 0 radical (unpaired) electrons. The number of hydrogen-bond acceptors (Lipinski definition) is 9. The molecule has 248 valence electrons. The molecule has 11 nitrogen and oxygen atoms in total. The van der Waals surface area contributed by atoms with Gasteiger partial charge in [0.2, 0.25) is 17.7 Å². The number of aliphatic hydroxyl groups excluding tert-OH is 1. The van der Waals surface area contributed by atoms with Crippen molar-refractivity contribution in [1.82, 2.24) is 20.5 Å². The molecule has 0 aliphatic carbocycles. The Morgan fingerprint density at radius 1 is 1.09 bits per heavy atom. The number of amides is 3. The number of nitrogens with zero attached hydrogens (tertiary/aromatic N) is 2. The van der Waals surface area contributed by atoms with Gasteiger partial charge >= 0.3 is 0 Å². The summed E-state index contributed by atoms with van der Waals surface area (Å²) >= 11 is 1.58. The molecular weight excluding hydrogens is 606 g/mol. The van der Waals surface area contributed by atoms with Crippen molar-refractivity contribution in [2.24, 2.45) is 5.41 Å². The third-order valence-corrected chi connectivity index (χ3v) is 8.74. The summed E-state index contributed by atoms with van der Waals surface area (Å²) in [7, 11) is 0. The number of nitrogens with one attached hydrogen (secondary N) is 2. The lowest BCUT2D eigenvalue weighted by atomic mass is 9.85. The number of β-amino-alcohol motifs (C(OH)–C–C–N with tert-alkyl or cyclic N) is 1. The molecule has 0 saturated carbocycles. The van der Waals surface area contributed by atoms with Crippen LogP contribution in [0.5, 0.6) is 5.75 Å². The quantitative estimate of drug-likeness (QED) is 0.152. The second-order valence-corrected chi connectivity index (χ2v) is 13.4. The van der Waals surface area contributed by atoms with Crippen LogP contribution >= 0.6 is 11.3 Å². The van der Waals surface area contributed by atoms with Gasteiger partial charge in [0.1, 0.15) is 17.8 Å². The Bertz CT molecular complexity index is 1450. The monoisotopic (exact) mass is 651 g/mol. The van der Waals surface area contributed by atoms with Crippen LogP contribution in [0.1, 0.15) is 51.3 Å². The Labute approximate surface area is 274 Å². The van der Waals surface area contributed by atoms with E-state index in [1.165, 1.54) is 4.90 Å². The molecule has 2 aromatic carbocycles. The fourth-order valence-electron chi connectivity index (χ4n) is 5.20. The summed E-state index contributed by atoms with van der Waals surface area (Å²) in [4.78, 5) is 46.7. The minimum atomic E-state index is -0.892. The van der Waals surface area contributed by atoms with Crippen molar-refractivity contribution in [3.05, 3.63) is 65.3 Å². The van der Waals surface area contributed by atoms with E-state index in [9.17, 15) is 19.5 Å². The molecule has 0 bridgehead atoms. The van der Waals surface area contributed by atoms with Gasteiger partial charge in [-0.3, -0.25) is 14.4 Å². The lowest BCUT2D eigenvalue weighted by Crippen LogP contribution is -2.57. The number of likely N-dealkylation sites (tertiary alicyclic amines) is 1. The average molecular weight is 652 g/mol. The number of ether oxygens (including phenoxy) is 2. The molecule has 46 heavy (non-hydrogen) atoms. The van der Waals surface area contributed by atoms with Gasteiger partial charge in [0.25, 0.3) is 0 Å². The molecule has 1 aliphatic heterocycles. The van der Waals surface area contributed by atoms with Crippen LogP contribution < -0.4 is 21.1 Å². The molecular formula is C34H45N5O6S. The largest absolute Gasteiger partial charge is 0.494 e. The van der Waals surface area contributed by atoms with E-state index in [-0.39, 0.29) is 44.4 Å². The Kier molecular flexibility index (Phi) is 12.1. The number of aryl methyl sites for hydroxylation is 1. The van der Waals surface area contributed by atoms with Gasteiger partial charge in [-0.2, -0.15) is 0 Å². The van der Waals surface area contributed by atoms with E-state index in [0.717, 1.165) is 27.4 Å². The molecule has 1 aliphatic rings. The summed E-state index contributed by atoms with van der Waals surface area (Å²) < 4.78 is 11.2. The zero-order valence-corrected chi connectivity index (χ0v) is 27.8. The number of thiazole rings is 1. The van der Waals surface area contributed by atoms with Gasteiger partial charge in [-0.25, -0.2) is 4.98 Å². The van der Waals surface area contributed by atoms with Gasteiger partial charge < -0.3 is 35.8 Å². The second-order valence-electron chi connectivity index (χ2n) is 12.6. The van der Waals surface area contributed by atoms with Crippen LogP contribution in [0.3, 0.4) is 0 Å². The molecule has 5 N–H and O–H groups in total. The normalized spacial score (nSPS) is 17.0. The van der Waals surface area contributed by atoms with E-state index < -0.39 is 29.5 Å². The second kappa shape index (κ2) is 16.0. The van der Waals surface area contributed by atoms with Crippen LogP contribution in [0.15, 0.2) is 54.0 Å². The van der Waals surface area contributed by atoms with E-state index in [1.54, 1.807) is 35.6 Å². The molecule has 3 aromatic rings. The number of benzene rings is 2. The summed E-state index contributed by atoms with van der Waals surface area (Å²) in [5.74, 6) is -0.351. The van der Waals surface area contributed by atoms with E-state index >= 15 is 0 Å². The first-order valence-corrected chi connectivity index (χ1v) is 16.4. The van der Waals surface area contributed by atoms with Crippen LogP contribution in [0.4, 0.5) is 5.69 Å². The molecule has 1 aromatic heterocycles. The van der Waals surface area contributed by atoms with Crippen molar-refractivity contribution in [3.63, 3.8) is 0 Å². The number of carbonyl (C=O) groups is 3. The van der Waals surface area contributed by atoms with Crippen molar-refractivity contribution >= 4 is 34.7 Å². The Balaban J connectivity index is 1.25. The number of hydrogen-bond donors (Lipinski definition) is 4. The minimum Gasteiger partial charge on any atom is -0.494 e. The highest BCUT2D eigenvalue weighted by Crippen LogP contribution is 2.28. The first-order valence-electron chi connectivity index (χ1n) is 15.5. The van der Waals surface area contributed by atoms with Gasteiger partial charge in [-0.05, 0) is 47.7 Å². The Morgan fingerprint density at radius 3 is 2.46 bits per heavy atom. The lowest BCUT2D eigenvalue weighted by Gasteiger charge is -2.35. The van der Waals surface area contributed by atoms with E-state index in [1.807, 2.05) is 57.5 Å². The minimum absolute atomic E-state index is 0.0177. The van der Waals surface area contributed by atoms with Crippen LogP contribution in [0.2, 0.25) is 0 Å². The van der Waals surface area contributed by atoms with E-state index in [2.05, 4.69) is 15.6 Å². The summed E-state index contributed by atoms with van der Waals surface area (Å²) in [5, 5.41) is 16.2. The summed E-state index contributed by atoms with van der Waals surface area (Å²) in [6.45, 7) is 8.90. The number of rotatable bonds is 14. The van der Waals surface area contributed by atoms with Crippen LogP contribution in [-0.4, -0.2) is 77.3 Å². The van der Waals surface area contributed by atoms with Crippen LogP contribution in [0, 0.1) is 12.3 Å². The van der Waals surface area contributed by atoms with Crippen LogP contribution in [-0.2, 0) is 25.7 Å². The molecule has 2 heterocycles. The first kappa shape index (κ1) is 34.9. The molecule has 0 spiro atoms. The van der Waals surface area contributed by atoms with Crippen molar-refractivity contribution < 1.29 is 29.0 Å². The number of nitrogen functional groups attached to an aromatic ring is 1. The summed E-state index contributed by atoms with van der Waals surface area (Å²) in [5.41, 5.74) is 10.5. The van der Waals surface area contributed by atoms with Crippen LogP contribution in [0.25, 0.3) is 10.4 Å². The predicted octanol–water partition coefficient (Wildman–Crippen LogP) is 3.69. The van der Waals surface area contributed by atoms with Gasteiger partial charge in [0.05, 0.1) is 35.4 Å². The molecule has 12 heteroatoms. The maximum absolute atomic E-state index is 13.8.